The Morgan fingerprint density at radius 1 is 1.19 bits per heavy atom. The number of nitrogens with one attached hydrogen (secondary N) is 1. The van der Waals surface area contributed by atoms with E-state index in [1.807, 2.05) is 12.1 Å². The molecule has 0 saturated heterocycles. The zero-order valence-electron chi connectivity index (χ0n) is 10.0. The lowest BCUT2D eigenvalue weighted by atomic mass is 9.77. The second kappa shape index (κ2) is 4.64. The Balaban J connectivity index is 1.90. The van der Waals surface area contributed by atoms with Crippen LogP contribution in [0.3, 0.4) is 0 Å². The van der Waals surface area contributed by atoms with Crippen LogP contribution < -0.4 is 5.43 Å². The van der Waals surface area contributed by atoms with E-state index in [1.54, 1.807) is 12.4 Å². The number of pyridine rings is 1. The molecule has 1 aliphatic carbocycles. The molecule has 0 aliphatic heterocycles. The van der Waals surface area contributed by atoms with E-state index in [-0.39, 0.29) is 0 Å². The molecule has 1 heterocycles. The summed E-state index contributed by atoms with van der Waals surface area (Å²) in [7, 11) is 0. The fourth-order valence-corrected chi connectivity index (χ4v) is 1.90. The van der Waals surface area contributed by atoms with E-state index in [4.69, 9.17) is 0 Å². The van der Waals surface area contributed by atoms with Gasteiger partial charge in [0.25, 0.3) is 0 Å². The van der Waals surface area contributed by atoms with Gasteiger partial charge in [-0.15, -0.1) is 0 Å². The monoisotopic (exact) mass is 217 g/mol. The van der Waals surface area contributed by atoms with Crippen molar-refractivity contribution in [2.45, 2.75) is 39.5 Å². The van der Waals surface area contributed by atoms with Crippen LogP contribution in [0.1, 0.15) is 39.5 Å². The summed E-state index contributed by atoms with van der Waals surface area (Å²) in [6, 6.07) is 3.85. The third-order valence-corrected chi connectivity index (χ3v) is 3.20. The summed E-state index contributed by atoms with van der Waals surface area (Å²) in [4.78, 5) is 3.97. The van der Waals surface area contributed by atoms with Gasteiger partial charge >= 0.3 is 0 Å². The summed E-state index contributed by atoms with van der Waals surface area (Å²) < 4.78 is 0. The molecule has 1 fully saturated rings. The van der Waals surface area contributed by atoms with Crippen LogP contribution in [0.15, 0.2) is 29.6 Å². The average Bonchev–Trinajstić information content (AvgIpc) is 2.29. The Morgan fingerprint density at radius 3 is 2.44 bits per heavy atom. The van der Waals surface area contributed by atoms with Crippen molar-refractivity contribution in [2.24, 2.45) is 10.5 Å². The second-order valence-corrected chi connectivity index (χ2v) is 5.19. The Bertz CT molecular complexity index is 356. The van der Waals surface area contributed by atoms with Gasteiger partial charge in [0.1, 0.15) is 0 Å². The van der Waals surface area contributed by atoms with Gasteiger partial charge in [-0.05, 0) is 43.2 Å². The Morgan fingerprint density at radius 2 is 1.81 bits per heavy atom. The quantitative estimate of drug-likeness (QED) is 0.770. The zero-order valence-corrected chi connectivity index (χ0v) is 10.0. The highest BCUT2D eigenvalue weighted by Crippen LogP contribution is 2.33. The van der Waals surface area contributed by atoms with Gasteiger partial charge in [0, 0.05) is 18.1 Å². The van der Waals surface area contributed by atoms with Gasteiger partial charge in [-0.25, -0.2) is 0 Å². The molecule has 0 spiro atoms. The normalized spacial score (nSPS) is 19.2. The molecule has 1 saturated carbocycles. The van der Waals surface area contributed by atoms with Crippen LogP contribution in [0.2, 0.25) is 0 Å². The molecule has 86 valence electrons. The third kappa shape index (κ3) is 3.05. The molecule has 3 nitrogen and oxygen atoms in total. The first-order valence-electron chi connectivity index (χ1n) is 5.87. The Labute approximate surface area is 97.0 Å². The molecule has 0 bridgehead atoms. The van der Waals surface area contributed by atoms with Crippen molar-refractivity contribution in [3.8, 4) is 0 Å². The predicted octanol–water partition coefficient (Wildman–Crippen LogP) is 3.45. The number of anilines is 1. The lowest BCUT2D eigenvalue weighted by Crippen LogP contribution is -2.21. The van der Waals surface area contributed by atoms with Gasteiger partial charge in [-0.3, -0.25) is 10.4 Å². The number of hydrogen-bond acceptors (Lipinski definition) is 3. The van der Waals surface area contributed by atoms with Crippen LogP contribution in [0, 0.1) is 5.41 Å². The minimum atomic E-state index is 0.496. The summed E-state index contributed by atoms with van der Waals surface area (Å²) in [5, 5.41) is 4.46. The molecule has 1 aliphatic rings. The number of nitrogens with zero attached hydrogens (tertiary/aromatic N) is 2. The second-order valence-electron chi connectivity index (χ2n) is 5.19. The van der Waals surface area contributed by atoms with Gasteiger partial charge in [0.15, 0.2) is 0 Å². The van der Waals surface area contributed by atoms with Gasteiger partial charge in [0.2, 0.25) is 0 Å². The first-order chi connectivity index (χ1) is 7.66. The molecule has 3 heteroatoms. The highest BCUT2D eigenvalue weighted by atomic mass is 15.3. The summed E-state index contributed by atoms with van der Waals surface area (Å²) >= 11 is 0. The topological polar surface area (TPSA) is 37.3 Å². The lowest BCUT2D eigenvalue weighted by Gasteiger charge is -2.29. The summed E-state index contributed by atoms with van der Waals surface area (Å²) in [6.07, 6.45) is 8.25. The summed E-state index contributed by atoms with van der Waals surface area (Å²) in [6.45, 7) is 4.67. The summed E-state index contributed by atoms with van der Waals surface area (Å²) in [5.41, 5.74) is 5.88. The molecule has 0 unspecified atom stereocenters. The van der Waals surface area contributed by atoms with E-state index in [2.05, 4.69) is 29.4 Å². The maximum Gasteiger partial charge on any atom is 0.0592 e. The van der Waals surface area contributed by atoms with Crippen LogP contribution in [-0.2, 0) is 0 Å². The van der Waals surface area contributed by atoms with Crippen molar-refractivity contribution in [2.75, 3.05) is 5.43 Å². The maximum absolute atomic E-state index is 4.46. The molecular formula is C13H19N3. The van der Waals surface area contributed by atoms with E-state index in [9.17, 15) is 0 Å². The first kappa shape index (κ1) is 11.1. The van der Waals surface area contributed by atoms with Crippen molar-refractivity contribution in [3.63, 3.8) is 0 Å². The minimum Gasteiger partial charge on any atom is -0.278 e. The van der Waals surface area contributed by atoms with Gasteiger partial charge in [-0.2, -0.15) is 5.10 Å². The average molecular weight is 217 g/mol. The van der Waals surface area contributed by atoms with E-state index >= 15 is 0 Å². The van der Waals surface area contributed by atoms with Crippen LogP contribution in [0.4, 0.5) is 5.69 Å². The lowest BCUT2D eigenvalue weighted by molar-refractivity contribution is 0.301. The smallest absolute Gasteiger partial charge is 0.0592 e. The Kier molecular flexibility index (Phi) is 3.22. The van der Waals surface area contributed by atoms with Crippen molar-refractivity contribution in [1.82, 2.24) is 4.98 Å². The molecule has 1 N–H and O–H groups in total. The fraction of sp³-hybridized carbons (Fsp3) is 0.538. The molecule has 16 heavy (non-hydrogen) atoms. The van der Waals surface area contributed by atoms with E-state index in [1.165, 1.54) is 18.6 Å². The van der Waals surface area contributed by atoms with Crippen molar-refractivity contribution in [3.05, 3.63) is 24.5 Å². The molecule has 0 amide bonds. The van der Waals surface area contributed by atoms with E-state index in [0.29, 0.717) is 5.41 Å². The predicted molar refractivity (Wildman–Crippen MR) is 67.5 cm³/mol. The number of hydrogen-bond donors (Lipinski definition) is 1. The van der Waals surface area contributed by atoms with Gasteiger partial charge < -0.3 is 0 Å². The minimum absolute atomic E-state index is 0.496. The van der Waals surface area contributed by atoms with Crippen LogP contribution in [0.25, 0.3) is 0 Å². The van der Waals surface area contributed by atoms with E-state index < -0.39 is 0 Å². The molecular weight excluding hydrogens is 198 g/mol. The largest absolute Gasteiger partial charge is 0.278 e. The van der Waals surface area contributed by atoms with Crippen LogP contribution >= 0.6 is 0 Å². The maximum atomic E-state index is 4.46. The number of aromatic nitrogens is 1. The molecule has 1 aromatic heterocycles. The molecule has 0 atom stereocenters. The van der Waals surface area contributed by atoms with Gasteiger partial charge in [-0.1, -0.05) is 13.8 Å². The zero-order chi connectivity index (χ0) is 11.4. The molecule has 0 aromatic carbocycles. The van der Waals surface area contributed by atoms with Crippen molar-refractivity contribution < 1.29 is 0 Å². The summed E-state index contributed by atoms with van der Waals surface area (Å²) in [5.74, 6) is 0. The fourth-order valence-electron chi connectivity index (χ4n) is 1.90. The van der Waals surface area contributed by atoms with Crippen molar-refractivity contribution >= 4 is 11.4 Å². The molecule has 1 aromatic rings. The van der Waals surface area contributed by atoms with Crippen LogP contribution in [0.5, 0.6) is 0 Å². The van der Waals surface area contributed by atoms with E-state index in [0.717, 1.165) is 18.5 Å². The highest BCUT2D eigenvalue weighted by Gasteiger charge is 2.23. The number of rotatable bonds is 2. The highest BCUT2D eigenvalue weighted by molar-refractivity contribution is 5.85. The van der Waals surface area contributed by atoms with Gasteiger partial charge in [0.05, 0.1) is 5.69 Å². The van der Waals surface area contributed by atoms with Crippen molar-refractivity contribution in [1.29, 1.82) is 0 Å². The first-order valence-corrected chi connectivity index (χ1v) is 5.87. The Hall–Kier alpha value is -1.38. The molecule has 2 rings (SSSR count). The third-order valence-electron chi connectivity index (χ3n) is 3.20. The SMILES string of the molecule is CC1(C)CCC(=NNc2ccncc2)CC1. The number of hydrazone groups is 1. The molecule has 0 radical (unpaired) electrons. The van der Waals surface area contributed by atoms with Crippen LogP contribution in [-0.4, -0.2) is 10.7 Å². The standard InChI is InChI=1S/C13H19N3/c1-13(2)7-3-11(4-8-13)15-16-12-5-9-14-10-6-12/h5-6,9-10H,3-4,7-8H2,1-2H3,(H,14,16).